The molecule has 2 N–H and O–H groups in total. The van der Waals surface area contributed by atoms with Gasteiger partial charge in [-0.05, 0) is 48.7 Å². The molecule has 0 saturated carbocycles. The molecule has 1 atom stereocenters. The lowest BCUT2D eigenvalue weighted by Crippen LogP contribution is -2.15. The second-order valence-electron chi connectivity index (χ2n) is 4.52. The highest BCUT2D eigenvalue weighted by molar-refractivity contribution is 6.36. The van der Waals surface area contributed by atoms with Gasteiger partial charge in [0.25, 0.3) is 0 Å². The highest BCUT2D eigenvalue weighted by atomic mass is 35.5. The smallest absolute Gasteiger partial charge is 0.123 e. The Balaban J connectivity index is 2.31. The Morgan fingerprint density at radius 2 is 1.79 bits per heavy atom. The van der Waals surface area contributed by atoms with E-state index in [1.807, 2.05) is 6.92 Å². The Morgan fingerprint density at radius 1 is 1.16 bits per heavy atom. The number of halogens is 3. The van der Waals surface area contributed by atoms with E-state index >= 15 is 0 Å². The van der Waals surface area contributed by atoms with Gasteiger partial charge in [-0.2, -0.15) is 0 Å². The fourth-order valence-corrected chi connectivity index (χ4v) is 2.74. The van der Waals surface area contributed by atoms with Crippen molar-refractivity contribution < 1.29 is 4.39 Å². The van der Waals surface area contributed by atoms with Gasteiger partial charge in [0.2, 0.25) is 0 Å². The number of hydrogen-bond donors (Lipinski definition) is 1. The van der Waals surface area contributed by atoms with E-state index in [4.69, 9.17) is 28.9 Å². The van der Waals surface area contributed by atoms with E-state index in [9.17, 15) is 4.39 Å². The van der Waals surface area contributed by atoms with Gasteiger partial charge in [0, 0.05) is 21.7 Å². The van der Waals surface area contributed by atoms with Gasteiger partial charge in [-0.3, -0.25) is 0 Å². The molecule has 0 saturated heterocycles. The molecule has 0 fully saturated rings. The van der Waals surface area contributed by atoms with Crippen LogP contribution in [0.4, 0.5) is 4.39 Å². The quantitative estimate of drug-likeness (QED) is 0.874. The molecule has 0 radical (unpaired) electrons. The molecule has 0 aromatic heterocycles. The topological polar surface area (TPSA) is 26.0 Å². The van der Waals surface area contributed by atoms with Crippen molar-refractivity contribution in [1.82, 2.24) is 0 Å². The molecule has 0 heterocycles. The molecule has 0 spiro atoms. The van der Waals surface area contributed by atoms with Gasteiger partial charge >= 0.3 is 0 Å². The van der Waals surface area contributed by atoms with Gasteiger partial charge in [-0.25, -0.2) is 4.39 Å². The average molecular weight is 298 g/mol. The van der Waals surface area contributed by atoms with Gasteiger partial charge in [-0.1, -0.05) is 35.3 Å². The van der Waals surface area contributed by atoms with Crippen LogP contribution in [0.15, 0.2) is 36.4 Å². The normalized spacial score (nSPS) is 12.5. The predicted octanol–water partition coefficient (Wildman–Crippen LogP) is 4.68. The molecule has 0 aliphatic heterocycles. The first-order valence-corrected chi connectivity index (χ1v) is 6.69. The van der Waals surface area contributed by atoms with E-state index in [-0.39, 0.29) is 11.9 Å². The van der Waals surface area contributed by atoms with E-state index in [0.29, 0.717) is 22.0 Å². The summed E-state index contributed by atoms with van der Waals surface area (Å²) in [7, 11) is 0. The van der Waals surface area contributed by atoms with Crippen molar-refractivity contribution in [2.45, 2.75) is 19.4 Å². The van der Waals surface area contributed by atoms with E-state index in [1.165, 1.54) is 12.1 Å². The lowest BCUT2D eigenvalue weighted by Gasteiger charge is -2.16. The fraction of sp³-hybridized carbons (Fsp3) is 0.200. The summed E-state index contributed by atoms with van der Waals surface area (Å²) < 4.78 is 13.3. The molecule has 100 valence electrons. The van der Waals surface area contributed by atoms with Crippen molar-refractivity contribution in [3.05, 3.63) is 69.0 Å². The van der Waals surface area contributed by atoms with Crippen LogP contribution in [0.3, 0.4) is 0 Å². The number of nitrogens with two attached hydrogens (primary N) is 1. The van der Waals surface area contributed by atoms with Gasteiger partial charge in [0.1, 0.15) is 5.82 Å². The first-order valence-electron chi connectivity index (χ1n) is 5.93. The predicted molar refractivity (Wildman–Crippen MR) is 78.2 cm³/mol. The summed E-state index contributed by atoms with van der Waals surface area (Å²) in [5.74, 6) is -0.266. The maximum absolute atomic E-state index is 13.3. The summed E-state index contributed by atoms with van der Waals surface area (Å²) >= 11 is 12.2. The first-order chi connectivity index (χ1) is 8.99. The molecule has 2 rings (SSSR count). The van der Waals surface area contributed by atoms with Gasteiger partial charge in [0.15, 0.2) is 0 Å². The summed E-state index contributed by atoms with van der Waals surface area (Å²) in [6.07, 6.45) is 0.493. The molecule has 0 aliphatic carbocycles. The fourth-order valence-electron chi connectivity index (χ4n) is 2.06. The Morgan fingerprint density at radius 3 is 2.42 bits per heavy atom. The maximum Gasteiger partial charge on any atom is 0.123 e. The number of rotatable bonds is 3. The first kappa shape index (κ1) is 14.3. The third-order valence-electron chi connectivity index (χ3n) is 3.12. The zero-order chi connectivity index (χ0) is 14.0. The van der Waals surface area contributed by atoms with Crippen molar-refractivity contribution in [3.8, 4) is 0 Å². The third-order valence-corrected chi connectivity index (χ3v) is 3.78. The van der Waals surface area contributed by atoms with Crippen LogP contribution in [-0.2, 0) is 6.42 Å². The molecule has 0 aliphatic rings. The molecule has 1 unspecified atom stereocenters. The summed E-state index contributed by atoms with van der Waals surface area (Å²) in [5, 5.41) is 1.07. The van der Waals surface area contributed by atoms with Crippen LogP contribution in [0.5, 0.6) is 0 Å². The van der Waals surface area contributed by atoms with Crippen LogP contribution in [0.25, 0.3) is 0 Å². The van der Waals surface area contributed by atoms with Crippen LogP contribution in [-0.4, -0.2) is 0 Å². The number of aryl methyl sites for hydroxylation is 1. The summed E-state index contributed by atoms with van der Waals surface area (Å²) in [6, 6.07) is 9.59. The van der Waals surface area contributed by atoms with Crippen LogP contribution in [0.1, 0.15) is 22.7 Å². The molecule has 2 aromatic carbocycles. The second-order valence-corrected chi connectivity index (χ2v) is 5.33. The minimum atomic E-state index is -0.360. The van der Waals surface area contributed by atoms with Gasteiger partial charge in [0.05, 0.1) is 0 Å². The third kappa shape index (κ3) is 3.27. The Hall–Kier alpha value is -1.09. The average Bonchev–Trinajstić information content (AvgIpc) is 2.33. The zero-order valence-electron chi connectivity index (χ0n) is 10.5. The molecule has 0 bridgehead atoms. The molecule has 19 heavy (non-hydrogen) atoms. The second kappa shape index (κ2) is 5.91. The Labute approximate surface area is 122 Å². The van der Waals surface area contributed by atoms with Crippen molar-refractivity contribution in [1.29, 1.82) is 0 Å². The molecule has 0 amide bonds. The van der Waals surface area contributed by atoms with Gasteiger partial charge in [-0.15, -0.1) is 0 Å². The highest BCUT2D eigenvalue weighted by Gasteiger charge is 2.15. The summed E-state index contributed by atoms with van der Waals surface area (Å²) in [6.45, 7) is 1.93. The molecule has 2 aromatic rings. The van der Waals surface area contributed by atoms with E-state index in [0.717, 1.165) is 11.1 Å². The van der Waals surface area contributed by atoms with E-state index < -0.39 is 0 Å². The largest absolute Gasteiger partial charge is 0.324 e. The Bertz CT molecular complexity index is 578. The number of hydrogen-bond acceptors (Lipinski definition) is 1. The monoisotopic (exact) mass is 297 g/mol. The van der Waals surface area contributed by atoms with Crippen LogP contribution in [0, 0.1) is 12.7 Å². The minimum absolute atomic E-state index is 0.266. The molecule has 4 heteroatoms. The van der Waals surface area contributed by atoms with E-state index in [1.54, 1.807) is 24.3 Å². The van der Waals surface area contributed by atoms with Crippen LogP contribution >= 0.6 is 23.2 Å². The molecule has 1 nitrogen and oxygen atoms in total. The van der Waals surface area contributed by atoms with Crippen molar-refractivity contribution in [2.24, 2.45) is 5.73 Å². The Kier molecular flexibility index (Phi) is 4.46. The minimum Gasteiger partial charge on any atom is -0.324 e. The van der Waals surface area contributed by atoms with Crippen molar-refractivity contribution >= 4 is 23.2 Å². The lowest BCUT2D eigenvalue weighted by atomic mass is 9.96. The molecular formula is C15H14Cl2FN. The zero-order valence-corrected chi connectivity index (χ0v) is 12.0. The van der Waals surface area contributed by atoms with Crippen molar-refractivity contribution in [3.63, 3.8) is 0 Å². The van der Waals surface area contributed by atoms with Gasteiger partial charge < -0.3 is 5.73 Å². The lowest BCUT2D eigenvalue weighted by molar-refractivity contribution is 0.621. The summed E-state index contributed by atoms with van der Waals surface area (Å²) in [4.78, 5) is 0. The SMILES string of the molecule is Cc1ccc(F)cc1CC(N)c1c(Cl)cccc1Cl. The molecular weight excluding hydrogens is 284 g/mol. The standard InChI is InChI=1S/C15H14Cl2FN/c1-9-5-6-11(18)7-10(9)8-14(19)15-12(16)3-2-4-13(15)17/h2-7,14H,8,19H2,1H3. The summed E-state index contributed by atoms with van der Waals surface area (Å²) in [5.41, 5.74) is 8.72. The van der Waals surface area contributed by atoms with Crippen molar-refractivity contribution in [2.75, 3.05) is 0 Å². The van der Waals surface area contributed by atoms with E-state index in [2.05, 4.69) is 0 Å². The maximum atomic E-state index is 13.3. The van der Waals surface area contributed by atoms with Crippen LogP contribution in [0.2, 0.25) is 10.0 Å². The van der Waals surface area contributed by atoms with Crippen LogP contribution < -0.4 is 5.73 Å². The number of benzene rings is 2. The highest BCUT2D eigenvalue weighted by Crippen LogP contribution is 2.31.